The molecule has 2 aromatic rings. The Kier molecular flexibility index (Phi) is 11.1. The van der Waals surface area contributed by atoms with Crippen LogP contribution in [0.3, 0.4) is 0 Å². The average Bonchev–Trinajstić information content (AvgIpc) is 2.50. The van der Waals surface area contributed by atoms with E-state index in [1.54, 1.807) is 24.3 Å². The molecular weight excluding hydrogens is 293 g/mol. The smallest absolute Gasteiger partial charge is 0.0912 e. The van der Waals surface area contributed by atoms with Crippen molar-refractivity contribution in [2.24, 2.45) is 5.73 Å². The Balaban J connectivity index is 0.000000345. The first kappa shape index (κ1) is 18.9. The van der Waals surface area contributed by atoms with E-state index in [0.29, 0.717) is 5.02 Å². The van der Waals surface area contributed by atoms with Gasteiger partial charge in [0, 0.05) is 16.6 Å². The van der Waals surface area contributed by atoms with E-state index in [9.17, 15) is 5.11 Å². The van der Waals surface area contributed by atoms with E-state index >= 15 is 0 Å². The summed E-state index contributed by atoms with van der Waals surface area (Å²) < 4.78 is 0. The normalized spacial score (nSPS) is 10.5. The molecular formula is C16H21Cl2NO. The third kappa shape index (κ3) is 8.18. The predicted molar refractivity (Wildman–Crippen MR) is 88.3 cm³/mol. The van der Waals surface area contributed by atoms with Crippen molar-refractivity contribution < 1.29 is 5.11 Å². The van der Waals surface area contributed by atoms with Crippen LogP contribution in [-0.4, -0.2) is 11.7 Å². The summed E-state index contributed by atoms with van der Waals surface area (Å²) in [5.74, 6) is 0. The molecule has 0 aliphatic rings. The fraction of sp³-hybridized carbons (Fsp3) is 0.250. The van der Waals surface area contributed by atoms with Gasteiger partial charge in [-0.2, -0.15) is 0 Å². The van der Waals surface area contributed by atoms with Crippen molar-refractivity contribution in [3.63, 3.8) is 0 Å². The Morgan fingerprint density at radius 2 is 1.50 bits per heavy atom. The molecule has 0 saturated carbocycles. The van der Waals surface area contributed by atoms with Crippen molar-refractivity contribution in [3.8, 4) is 0 Å². The van der Waals surface area contributed by atoms with E-state index in [-0.39, 0.29) is 6.54 Å². The summed E-state index contributed by atoms with van der Waals surface area (Å²) in [5.41, 5.74) is 6.02. The monoisotopic (exact) mass is 313 g/mol. The maximum atomic E-state index is 9.27. The molecule has 0 saturated heterocycles. The minimum Gasteiger partial charge on any atom is -0.387 e. The lowest BCUT2D eigenvalue weighted by Crippen LogP contribution is -2.11. The van der Waals surface area contributed by atoms with Gasteiger partial charge >= 0.3 is 0 Å². The fourth-order valence-electron chi connectivity index (χ4n) is 1.26. The quantitative estimate of drug-likeness (QED) is 0.844. The van der Waals surface area contributed by atoms with Crippen molar-refractivity contribution >= 4 is 23.2 Å². The lowest BCUT2D eigenvalue weighted by atomic mass is 10.1. The fourth-order valence-corrected chi connectivity index (χ4v) is 1.61. The molecule has 0 aromatic heterocycles. The molecule has 2 nitrogen and oxygen atoms in total. The molecule has 4 heteroatoms. The molecule has 0 fully saturated rings. The molecule has 0 amide bonds. The number of aliphatic hydroxyl groups is 1. The standard InChI is InChI=1S/C8H10ClNO.C6H5Cl.C2H6/c9-7-3-1-2-6(4-7)8(11)5-10;7-6-4-2-1-3-5-6;1-2/h1-4,8,11H,5,10H2;1-5H;1-2H3. The first-order chi connectivity index (χ1) is 9.63. The maximum absolute atomic E-state index is 9.27. The van der Waals surface area contributed by atoms with Crippen LogP contribution in [0, 0.1) is 0 Å². The number of hydrogen-bond donors (Lipinski definition) is 2. The highest BCUT2D eigenvalue weighted by Crippen LogP contribution is 2.16. The van der Waals surface area contributed by atoms with Crippen LogP contribution in [0.5, 0.6) is 0 Å². The van der Waals surface area contributed by atoms with Crippen LogP contribution in [0.2, 0.25) is 10.0 Å². The molecule has 0 aliphatic carbocycles. The molecule has 3 N–H and O–H groups in total. The molecule has 0 spiro atoms. The SMILES string of the molecule is CC.Clc1ccccc1.NCC(O)c1cccc(Cl)c1. The second-order valence-corrected chi connectivity index (χ2v) is 4.47. The van der Waals surface area contributed by atoms with E-state index in [1.165, 1.54) is 0 Å². The summed E-state index contributed by atoms with van der Waals surface area (Å²) >= 11 is 11.2. The van der Waals surface area contributed by atoms with Gasteiger partial charge in [0.25, 0.3) is 0 Å². The Labute approximate surface area is 131 Å². The van der Waals surface area contributed by atoms with Gasteiger partial charge in [-0.3, -0.25) is 0 Å². The minimum absolute atomic E-state index is 0.223. The number of halogens is 2. The summed E-state index contributed by atoms with van der Waals surface area (Å²) in [5, 5.41) is 10.7. The number of aliphatic hydroxyl groups excluding tert-OH is 1. The van der Waals surface area contributed by atoms with Crippen molar-refractivity contribution in [3.05, 3.63) is 70.2 Å². The van der Waals surface area contributed by atoms with E-state index in [0.717, 1.165) is 10.6 Å². The summed E-state index contributed by atoms with van der Waals surface area (Å²) in [6.07, 6.45) is -0.603. The van der Waals surface area contributed by atoms with Crippen molar-refractivity contribution in [2.75, 3.05) is 6.54 Å². The zero-order chi connectivity index (χ0) is 15.4. The van der Waals surface area contributed by atoms with Gasteiger partial charge in [-0.25, -0.2) is 0 Å². The number of benzene rings is 2. The zero-order valence-electron chi connectivity index (χ0n) is 11.8. The molecule has 2 rings (SSSR count). The highest BCUT2D eigenvalue weighted by molar-refractivity contribution is 6.30. The Morgan fingerprint density at radius 3 is 1.90 bits per heavy atom. The zero-order valence-corrected chi connectivity index (χ0v) is 13.3. The summed E-state index contributed by atoms with van der Waals surface area (Å²) in [7, 11) is 0. The topological polar surface area (TPSA) is 46.2 Å². The average molecular weight is 314 g/mol. The lowest BCUT2D eigenvalue weighted by molar-refractivity contribution is 0.187. The van der Waals surface area contributed by atoms with Crippen LogP contribution in [-0.2, 0) is 0 Å². The largest absolute Gasteiger partial charge is 0.387 e. The van der Waals surface area contributed by atoms with E-state index in [4.69, 9.17) is 28.9 Å². The summed E-state index contributed by atoms with van der Waals surface area (Å²) in [6.45, 7) is 4.22. The number of rotatable bonds is 2. The van der Waals surface area contributed by atoms with Crippen LogP contribution < -0.4 is 5.73 Å². The van der Waals surface area contributed by atoms with Gasteiger partial charge < -0.3 is 10.8 Å². The second-order valence-electron chi connectivity index (χ2n) is 3.60. The van der Waals surface area contributed by atoms with Crippen molar-refractivity contribution in [1.82, 2.24) is 0 Å². The van der Waals surface area contributed by atoms with Crippen LogP contribution in [0.4, 0.5) is 0 Å². The van der Waals surface area contributed by atoms with Gasteiger partial charge in [0.2, 0.25) is 0 Å². The van der Waals surface area contributed by atoms with E-state index in [1.807, 2.05) is 44.2 Å². The van der Waals surface area contributed by atoms with Gasteiger partial charge in [0.1, 0.15) is 0 Å². The maximum Gasteiger partial charge on any atom is 0.0912 e. The Morgan fingerprint density at radius 1 is 0.950 bits per heavy atom. The number of nitrogens with two attached hydrogens (primary N) is 1. The molecule has 20 heavy (non-hydrogen) atoms. The van der Waals surface area contributed by atoms with E-state index in [2.05, 4.69) is 0 Å². The van der Waals surface area contributed by atoms with Gasteiger partial charge in [-0.15, -0.1) is 0 Å². The molecule has 2 aromatic carbocycles. The highest BCUT2D eigenvalue weighted by atomic mass is 35.5. The van der Waals surface area contributed by atoms with Gasteiger partial charge in [-0.1, -0.05) is 67.4 Å². The molecule has 0 radical (unpaired) electrons. The molecule has 0 aliphatic heterocycles. The first-order valence-electron chi connectivity index (χ1n) is 6.47. The minimum atomic E-state index is -0.603. The van der Waals surface area contributed by atoms with Crippen LogP contribution in [0.1, 0.15) is 25.5 Å². The Hall–Kier alpha value is -1.06. The van der Waals surface area contributed by atoms with E-state index < -0.39 is 6.10 Å². The van der Waals surface area contributed by atoms with Crippen molar-refractivity contribution in [2.45, 2.75) is 20.0 Å². The third-order valence-electron chi connectivity index (χ3n) is 2.19. The van der Waals surface area contributed by atoms with Gasteiger partial charge in [0.15, 0.2) is 0 Å². The van der Waals surface area contributed by atoms with Crippen LogP contribution in [0.25, 0.3) is 0 Å². The van der Waals surface area contributed by atoms with Crippen LogP contribution in [0.15, 0.2) is 54.6 Å². The van der Waals surface area contributed by atoms with Gasteiger partial charge in [0.05, 0.1) is 6.10 Å². The predicted octanol–water partition coefficient (Wildman–Crippen LogP) is 4.70. The first-order valence-corrected chi connectivity index (χ1v) is 7.23. The Bertz CT molecular complexity index is 463. The van der Waals surface area contributed by atoms with Crippen molar-refractivity contribution in [1.29, 1.82) is 0 Å². The molecule has 110 valence electrons. The van der Waals surface area contributed by atoms with Crippen LogP contribution >= 0.6 is 23.2 Å². The summed E-state index contributed by atoms with van der Waals surface area (Å²) in [4.78, 5) is 0. The van der Waals surface area contributed by atoms with Gasteiger partial charge in [-0.05, 0) is 29.8 Å². The molecule has 1 atom stereocenters. The molecule has 1 unspecified atom stereocenters. The highest BCUT2D eigenvalue weighted by Gasteiger charge is 2.03. The number of hydrogen-bond acceptors (Lipinski definition) is 2. The molecule has 0 bridgehead atoms. The second kappa shape index (κ2) is 11.7. The summed E-state index contributed by atoms with van der Waals surface area (Å²) in [6, 6.07) is 16.5. The lowest BCUT2D eigenvalue weighted by Gasteiger charge is -2.06. The third-order valence-corrected chi connectivity index (χ3v) is 2.68. The molecule has 0 heterocycles.